The van der Waals surface area contributed by atoms with Crippen LogP contribution in [0.1, 0.15) is 25.7 Å². The van der Waals surface area contributed by atoms with Crippen molar-refractivity contribution in [3.63, 3.8) is 0 Å². The summed E-state index contributed by atoms with van der Waals surface area (Å²) in [7, 11) is 1.65. The topological polar surface area (TPSA) is 67.0 Å². The quantitative estimate of drug-likeness (QED) is 0.827. The van der Waals surface area contributed by atoms with Crippen molar-refractivity contribution in [3.8, 4) is 5.75 Å². The Morgan fingerprint density at radius 2 is 2.35 bits per heavy atom. The number of imidazole rings is 1. The molecule has 0 saturated heterocycles. The number of hydrogen-bond acceptors (Lipinski definition) is 4. The Hall–Kier alpha value is -1.69. The van der Waals surface area contributed by atoms with Crippen LogP contribution in [-0.4, -0.2) is 34.8 Å². The van der Waals surface area contributed by atoms with E-state index in [9.17, 15) is 4.79 Å². The third kappa shape index (κ3) is 3.04. The molecular formula is C17H21N3O2S. The second kappa shape index (κ2) is 6.07. The number of aromatic amines is 1. The lowest BCUT2D eigenvalue weighted by molar-refractivity contribution is -0.119. The molecule has 2 fully saturated rings. The molecule has 0 aliphatic heterocycles. The average molecular weight is 331 g/mol. The first-order valence-electron chi connectivity index (χ1n) is 8.17. The fourth-order valence-electron chi connectivity index (χ4n) is 3.96. The minimum atomic E-state index is 0.116. The van der Waals surface area contributed by atoms with E-state index in [1.54, 1.807) is 7.11 Å². The number of benzene rings is 1. The zero-order chi connectivity index (χ0) is 15.8. The molecular weight excluding hydrogens is 310 g/mol. The second-order valence-electron chi connectivity index (χ2n) is 6.56. The molecule has 0 radical (unpaired) electrons. The number of carbonyl (C=O) groups is 1. The van der Waals surface area contributed by atoms with E-state index in [4.69, 9.17) is 4.74 Å². The van der Waals surface area contributed by atoms with Crippen molar-refractivity contribution in [2.24, 2.45) is 11.8 Å². The van der Waals surface area contributed by atoms with Crippen LogP contribution in [0, 0.1) is 11.8 Å². The summed E-state index contributed by atoms with van der Waals surface area (Å²) in [6.45, 7) is 0. The van der Waals surface area contributed by atoms with E-state index in [0.29, 0.717) is 17.7 Å². The molecule has 2 N–H and O–H groups in total. The molecule has 23 heavy (non-hydrogen) atoms. The van der Waals surface area contributed by atoms with Crippen molar-refractivity contribution in [2.45, 2.75) is 36.9 Å². The molecule has 4 rings (SSSR count). The number of H-pyrrole nitrogens is 1. The van der Waals surface area contributed by atoms with Crippen LogP contribution in [0.25, 0.3) is 11.0 Å². The van der Waals surface area contributed by atoms with Crippen molar-refractivity contribution < 1.29 is 9.53 Å². The Morgan fingerprint density at radius 3 is 3.09 bits per heavy atom. The number of amides is 1. The number of ether oxygens (including phenoxy) is 1. The number of rotatable bonds is 5. The van der Waals surface area contributed by atoms with Crippen LogP contribution < -0.4 is 10.1 Å². The van der Waals surface area contributed by atoms with Gasteiger partial charge in [0.15, 0.2) is 5.16 Å². The van der Waals surface area contributed by atoms with Gasteiger partial charge in [0.2, 0.25) is 5.91 Å². The smallest absolute Gasteiger partial charge is 0.230 e. The standard InChI is InChI=1S/C17H21N3O2S/c1-22-12-4-5-13-15(8-12)20-17(19-13)23-9-16(21)18-14-7-10-2-3-11(14)6-10/h4-5,8,10-11,14H,2-3,6-7,9H2,1H3,(H,18,21)(H,19,20)/t10-,11-,14-/m0/s1. The van der Waals surface area contributed by atoms with E-state index in [1.165, 1.54) is 37.4 Å². The third-order valence-electron chi connectivity index (χ3n) is 5.09. The van der Waals surface area contributed by atoms with Crippen molar-refractivity contribution in [1.82, 2.24) is 15.3 Å². The Bertz CT molecular complexity index is 730. The molecule has 0 unspecified atom stereocenters. The van der Waals surface area contributed by atoms with Crippen LogP contribution in [0.3, 0.4) is 0 Å². The van der Waals surface area contributed by atoms with Crippen LogP contribution in [0.2, 0.25) is 0 Å². The normalized spacial score (nSPS) is 25.9. The highest BCUT2D eigenvalue weighted by Crippen LogP contribution is 2.44. The predicted molar refractivity (Wildman–Crippen MR) is 90.7 cm³/mol. The summed E-state index contributed by atoms with van der Waals surface area (Å²) >= 11 is 1.45. The van der Waals surface area contributed by atoms with Gasteiger partial charge in [0.25, 0.3) is 0 Å². The lowest BCUT2D eigenvalue weighted by Gasteiger charge is -2.22. The van der Waals surface area contributed by atoms with Gasteiger partial charge in [0, 0.05) is 12.1 Å². The number of aromatic nitrogens is 2. The molecule has 5 nitrogen and oxygen atoms in total. The molecule has 1 aromatic carbocycles. The molecule has 1 amide bonds. The summed E-state index contributed by atoms with van der Waals surface area (Å²) in [5, 5.41) is 3.99. The van der Waals surface area contributed by atoms with Crippen LogP contribution in [0.5, 0.6) is 5.75 Å². The van der Waals surface area contributed by atoms with E-state index in [1.807, 2.05) is 18.2 Å². The maximum atomic E-state index is 12.2. The highest BCUT2D eigenvalue weighted by Gasteiger charge is 2.39. The van der Waals surface area contributed by atoms with Gasteiger partial charge < -0.3 is 15.0 Å². The van der Waals surface area contributed by atoms with E-state index >= 15 is 0 Å². The molecule has 0 spiro atoms. The van der Waals surface area contributed by atoms with Gasteiger partial charge in [-0.05, 0) is 43.2 Å². The van der Waals surface area contributed by atoms with Gasteiger partial charge in [0.05, 0.1) is 23.9 Å². The number of nitrogens with zero attached hydrogens (tertiary/aromatic N) is 1. The summed E-state index contributed by atoms with van der Waals surface area (Å²) in [5.41, 5.74) is 1.82. The first-order valence-corrected chi connectivity index (χ1v) is 9.16. The SMILES string of the molecule is COc1ccc2nc(SCC(=O)N[C@H]3C[C@H]4CC[C@H]3C4)[nH]c2c1. The Balaban J connectivity index is 1.34. The van der Waals surface area contributed by atoms with Crippen molar-refractivity contribution in [1.29, 1.82) is 0 Å². The van der Waals surface area contributed by atoms with E-state index in [2.05, 4.69) is 15.3 Å². The monoisotopic (exact) mass is 331 g/mol. The summed E-state index contributed by atoms with van der Waals surface area (Å²) in [5.74, 6) is 2.89. The Labute approximate surface area is 139 Å². The largest absolute Gasteiger partial charge is 0.497 e. The van der Waals surface area contributed by atoms with Gasteiger partial charge in [-0.2, -0.15) is 0 Å². The van der Waals surface area contributed by atoms with Crippen LogP contribution >= 0.6 is 11.8 Å². The van der Waals surface area contributed by atoms with Gasteiger partial charge in [-0.3, -0.25) is 4.79 Å². The minimum absolute atomic E-state index is 0.116. The first-order chi connectivity index (χ1) is 11.2. The molecule has 1 heterocycles. The van der Waals surface area contributed by atoms with E-state index < -0.39 is 0 Å². The maximum absolute atomic E-state index is 12.2. The summed E-state index contributed by atoms with van der Waals surface area (Å²) in [4.78, 5) is 19.9. The lowest BCUT2D eigenvalue weighted by Crippen LogP contribution is -2.39. The number of carbonyl (C=O) groups excluding carboxylic acids is 1. The van der Waals surface area contributed by atoms with Crippen molar-refractivity contribution in [3.05, 3.63) is 18.2 Å². The van der Waals surface area contributed by atoms with Crippen molar-refractivity contribution >= 4 is 28.7 Å². The predicted octanol–water partition coefficient (Wildman–Crippen LogP) is 2.97. The van der Waals surface area contributed by atoms with Crippen molar-refractivity contribution in [2.75, 3.05) is 12.9 Å². The van der Waals surface area contributed by atoms with Gasteiger partial charge >= 0.3 is 0 Å². The zero-order valence-corrected chi connectivity index (χ0v) is 14.0. The van der Waals surface area contributed by atoms with E-state index in [0.717, 1.165) is 27.9 Å². The number of hydrogen-bond donors (Lipinski definition) is 2. The Kier molecular flexibility index (Phi) is 3.93. The number of methoxy groups -OCH3 is 1. The third-order valence-corrected chi connectivity index (χ3v) is 5.97. The molecule has 122 valence electrons. The van der Waals surface area contributed by atoms with Gasteiger partial charge in [-0.25, -0.2) is 4.98 Å². The minimum Gasteiger partial charge on any atom is -0.497 e. The highest BCUT2D eigenvalue weighted by molar-refractivity contribution is 7.99. The van der Waals surface area contributed by atoms with Gasteiger partial charge in [-0.15, -0.1) is 0 Å². The molecule has 3 atom stereocenters. The maximum Gasteiger partial charge on any atom is 0.230 e. The van der Waals surface area contributed by atoms with Crippen LogP contribution in [-0.2, 0) is 4.79 Å². The van der Waals surface area contributed by atoms with E-state index in [-0.39, 0.29) is 5.91 Å². The van der Waals surface area contributed by atoms with Gasteiger partial charge in [-0.1, -0.05) is 18.2 Å². The van der Waals surface area contributed by atoms with Gasteiger partial charge in [0.1, 0.15) is 5.75 Å². The number of nitrogens with one attached hydrogen (secondary N) is 2. The highest BCUT2D eigenvalue weighted by atomic mass is 32.2. The zero-order valence-electron chi connectivity index (χ0n) is 13.2. The molecule has 2 bridgehead atoms. The van der Waals surface area contributed by atoms with Crippen LogP contribution in [0.4, 0.5) is 0 Å². The molecule has 1 aromatic heterocycles. The summed E-state index contributed by atoms with van der Waals surface area (Å²) in [6, 6.07) is 6.13. The average Bonchev–Trinajstić information content (AvgIpc) is 3.26. The molecule has 2 aromatic rings. The number of fused-ring (bicyclic) bond motifs is 3. The molecule has 2 aliphatic carbocycles. The molecule has 2 saturated carbocycles. The fourth-order valence-corrected chi connectivity index (χ4v) is 4.66. The lowest BCUT2D eigenvalue weighted by atomic mass is 9.95. The molecule has 6 heteroatoms. The number of thioether (sulfide) groups is 1. The fraction of sp³-hybridized carbons (Fsp3) is 0.529. The second-order valence-corrected chi connectivity index (χ2v) is 7.53. The molecule has 2 aliphatic rings. The van der Waals surface area contributed by atoms with Crippen LogP contribution in [0.15, 0.2) is 23.4 Å². The first kappa shape index (κ1) is 14.9. The Morgan fingerprint density at radius 1 is 1.43 bits per heavy atom. The summed E-state index contributed by atoms with van der Waals surface area (Å²) in [6.07, 6.45) is 5.12. The summed E-state index contributed by atoms with van der Waals surface area (Å²) < 4.78 is 5.21.